The van der Waals surface area contributed by atoms with Gasteiger partial charge in [0.15, 0.2) is 0 Å². The molecule has 0 aliphatic rings. The van der Waals surface area contributed by atoms with Crippen molar-refractivity contribution in [3.05, 3.63) is 85.1 Å². The summed E-state index contributed by atoms with van der Waals surface area (Å²) in [4.78, 5) is 40.3. The molecule has 0 saturated heterocycles. The van der Waals surface area contributed by atoms with Crippen LogP contribution in [0.3, 0.4) is 0 Å². The molecule has 0 spiro atoms. The molecule has 0 heterocycles. The van der Waals surface area contributed by atoms with Crippen LogP contribution in [0.5, 0.6) is 0 Å². The summed E-state index contributed by atoms with van der Waals surface area (Å²) in [6, 6.07) is -0.895. The zero-order valence-electron chi connectivity index (χ0n) is 59.4. The third kappa shape index (κ3) is 69.4. The van der Waals surface area contributed by atoms with E-state index in [1.54, 1.807) is 0 Å². The van der Waals surface area contributed by atoms with Gasteiger partial charge in [0, 0.05) is 12.8 Å². The third-order valence-electron chi connectivity index (χ3n) is 16.8. The van der Waals surface area contributed by atoms with E-state index in [2.05, 4.69) is 99.0 Å². The van der Waals surface area contributed by atoms with Gasteiger partial charge in [0.25, 0.3) is 7.82 Å². The van der Waals surface area contributed by atoms with Crippen LogP contribution >= 0.6 is 7.82 Å². The van der Waals surface area contributed by atoms with Crippen LogP contribution in [0, 0.1) is 0 Å². The minimum Gasteiger partial charge on any atom is -0.756 e. The number of allylic oxidation sites excluding steroid dienone is 13. The normalized spacial score (nSPS) is 13.9. The first-order chi connectivity index (χ1) is 43.4. The SMILES string of the molecule is CCCCC/C=C\C/C=C\C/C=C\CCCCCCCCCCCCCCC(=O)NC(COP(=O)([O-])OCC[N+](C)(C)C)C(/C=C/CCCCCCCCCCCCC)OC(=O)CCCCCCCCCCCCCC/C=C\C/C=C\C/C=C\CCCCC. The fourth-order valence-corrected chi connectivity index (χ4v) is 11.7. The molecule has 0 aromatic carbocycles. The van der Waals surface area contributed by atoms with Crippen molar-refractivity contribution >= 4 is 19.7 Å². The zero-order chi connectivity index (χ0) is 64.9. The number of amides is 1. The van der Waals surface area contributed by atoms with Crippen molar-refractivity contribution in [3.8, 4) is 0 Å². The van der Waals surface area contributed by atoms with E-state index in [9.17, 15) is 19.0 Å². The van der Waals surface area contributed by atoms with Gasteiger partial charge in [0.1, 0.15) is 19.3 Å². The summed E-state index contributed by atoms with van der Waals surface area (Å²) in [6.07, 6.45) is 91.3. The van der Waals surface area contributed by atoms with Gasteiger partial charge in [-0.1, -0.05) is 318 Å². The van der Waals surface area contributed by atoms with Crippen LogP contribution in [-0.2, 0) is 27.9 Å². The van der Waals surface area contributed by atoms with E-state index in [1.165, 1.54) is 238 Å². The Labute approximate surface area is 552 Å². The molecule has 518 valence electrons. The maximum absolute atomic E-state index is 13.6. The van der Waals surface area contributed by atoms with Gasteiger partial charge in [0.05, 0.1) is 33.8 Å². The van der Waals surface area contributed by atoms with Gasteiger partial charge in [-0.2, -0.15) is 0 Å². The van der Waals surface area contributed by atoms with Gasteiger partial charge in [-0.3, -0.25) is 14.2 Å². The Balaban J connectivity index is 5.04. The number of hydrogen-bond donors (Lipinski definition) is 1. The lowest BCUT2D eigenvalue weighted by Gasteiger charge is -2.30. The van der Waals surface area contributed by atoms with Crippen LogP contribution in [0.15, 0.2) is 85.1 Å². The first kappa shape index (κ1) is 86.2. The minimum atomic E-state index is -4.71. The van der Waals surface area contributed by atoms with E-state index in [-0.39, 0.29) is 24.9 Å². The molecule has 0 fully saturated rings. The summed E-state index contributed by atoms with van der Waals surface area (Å²) in [5.41, 5.74) is 0. The van der Waals surface area contributed by atoms with Crippen molar-refractivity contribution in [3.63, 3.8) is 0 Å². The predicted octanol–water partition coefficient (Wildman–Crippen LogP) is 23.8. The number of rotatable bonds is 69. The molecule has 0 aliphatic heterocycles. The van der Waals surface area contributed by atoms with Crippen molar-refractivity contribution in [2.75, 3.05) is 40.9 Å². The highest BCUT2D eigenvalue weighted by Crippen LogP contribution is 2.38. The summed E-state index contributed by atoms with van der Waals surface area (Å²) in [7, 11) is 1.19. The number of phosphoric ester groups is 1. The lowest BCUT2D eigenvalue weighted by atomic mass is 10.0. The first-order valence-electron chi connectivity index (χ1n) is 37.9. The lowest BCUT2D eigenvalue weighted by molar-refractivity contribution is -0.870. The van der Waals surface area contributed by atoms with Crippen LogP contribution in [0.25, 0.3) is 0 Å². The number of unbranched alkanes of at least 4 members (excludes halogenated alkanes) is 41. The smallest absolute Gasteiger partial charge is 0.306 e. The van der Waals surface area contributed by atoms with Gasteiger partial charge in [-0.15, -0.1) is 0 Å². The molecule has 10 heteroatoms. The molecule has 3 atom stereocenters. The summed E-state index contributed by atoms with van der Waals surface area (Å²) >= 11 is 0. The summed E-state index contributed by atoms with van der Waals surface area (Å²) in [5.74, 6) is -0.535. The Morgan fingerprint density at radius 1 is 0.393 bits per heavy atom. The largest absolute Gasteiger partial charge is 0.756 e. The molecular weight excluding hydrogens is 1120 g/mol. The number of likely N-dealkylation sites (N-methyl/N-ethyl adjacent to an activating group) is 1. The Morgan fingerprint density at radius 2 is 0.685 bits per heavy atom. The van der Waals surface area contributed by atoms with Crippen LogP contribution < -0.4 is 10.2 Å². The molecule has 9 nitrogen and oxygen atoms in total. The molecule has 0 bridgehead atoms. The number of phosphoric acid groups is 1. The number of nitrogens with zero attached hydrogens (tertiary/aromatic N) is 1. The number of nitrogens with one attached hydrogen (secondary N) is 1. The number of quaternary nitrogens is 1. The second kappa shape index (κ2) is 68.1. The average Bonchev–Trinajstić information content (AvgIpc) is 3.67. The quantitative estimate of drug-likeness (QED) is 0.0212. The summed E-state index contributed by atoms with van der Waals surface area (Å²) < 4.78 is 30.5. The molecule has 1 amide bonds. The first-order valence-corrected chi connectivity index (χ1v) is 39.4. The highest BCUT2D eigenvalue weighted by molar-refractivity contribution is 7.45. The maximum Gasteiger partial charge on any atom is 0.306 e. The monoisotopic (exact) mass is 1270 g/mol. The molecule has 1 N–H and O–H groups in total. The second-order valence-corrected chi connectivity index (χ2v) is 28.2. The topological polar surface area (TPSA) is 114 Å². The Hall–Kier alpha value is -2.81. The Morgan fingerprint density at radius 3 is 1.04 bits per heavy atom. The van der Waals surface area contributed by atoms with Gasteiger partial charge < -0.3 is 28.5 Å². The van der Waals surface area contributed by atoms with Crippen molar-refractivity contribution in [1.82, 2.24) is 5.32 Å². The van der Waals surface area contributed by atoms with Crippen LogP contribution in [0.1, 0.15) is 355 Å². The van der Waals surface area contributed by atoms with Gasteiger partial charge in [-0.25, -0.2) is 0 Å². The third-order valence-corrected chi connectivity index (χ3v) is 17.8. The van der Waals surface area contributed by atoms with Crippen molar-refractivity contribution < 1.29 is 37.3 Å². The Kier molecular flexibility index (Phi) is 65.9. The molecule has 89 heavy (non-hydrogen) atoms. The van der Waals surface area contributed by atoms with Crippen molar-refractivity contribution in [1.29, 1.82) is 0 Å². The molecule has 0 saturated carbocycles. The number of hydrogen-bond acceptors (Lipinski definition) is 7. The minimum absolute atomic E-state index is 0.0245. The molecule has 3 unspecified atom stereocenters. The highest BCUT2D eigenvalue weighted by Gasteiger charge is 2.27. The zero-order valence-corrected chi connectivity index (χ0v) is 60.3. The molecule has 0 radical (unpaired) electrons. The van der Waals surface area contributed by atoms with Crippen LogP contribution in [-0.4, -0.2) is 69.4 Å². The van der Waals surface area contributed by atoms with E-state index in [1.807, 2.05) is 33.3 Å². The number of ether oxygens (including phenoxy) is 1. The van der Waals surface area contributed by atoms with E-state index < -0.39 is 26.6 Å². The summed E-state index contributed by atoms with van der Waals surface area (Å²) in [5, 5.41) is 3.05. The number of carbonyl (C=O) groups excluding carboxylic acids is 2. The van der Waals surface area contributed by atoms with E-state index in [4.69, 9.17) is 13.8 Å². The van der Waals surface area contributed by atoms with Crippen LogP contribution in [0.4, 0.5) is 0 Å². The standard InChI is InChI=1S/C79H145N2O7P/c1-7-10-13-16-19-22-25-28-30-32-34-36-38-40-42-44-46-48-50-53-56-59-62-65-68-71-78(82)80-76(75-87-89(84,85)86-74-73-81(4,5)6)77(70-67-64-61-58-55-52-27-24-21-18-15-12-9-3)88-79(83)72-69-66-63-60-57-54-51-49-47-45-43-41-39-37-35-33-31-29-26-23-20-17-14-11-8-2/h19-20,22-23,28-31,34-37,67,70,76-77H,7-18,21,24-27,32-33,38-66,68-69,71-75H2,1-6H3,(H-,80,82,84,85)/b22-19-,23-20-,30-28-,31-29-,36-34-,37-35-,70-67+. The molecule has 0 aromatic rings. The maximum atomic E-state index is 13.6. The molecule has 0 aliphatic carbocycles. The average molecular weight is 1270 g/mol. The van der Waals surface area contributed by atoms with E-state index in [0.29, 0.717) is 17.4 Å². The van der Waals surface area contributed by atoms with Crippen LogP contribution in [0.2, 0.25) is 0 Å². The number of carbonyl (C=O) groups is 2. The fraction of sp³-hybridized carbons (Fsp3) is 0.797. The second-order valence-electron chi connectivity index (χ2n) is 26.8. The van der Waals surface area contributed by atoms with Gasteiger partial charge >= 0.3 is 5.97 Å². The molecule has 0 rings (SSSR count). The van der Waals surface area contributed by atoms with Gasteiger partial charge in [0.2, 0.25) is 5.91 Å². The van der Waals surface area contributed by atoms with Gasteiger partial charge in [-0.05, 0) is 109 Å². The van der Waals surface area contributed by atoms with E-state index >= 15 is 0 Å². The molecular formula is C79H145N2O7P. The molecule has 0 aromatic heterocycles. The lowest BCUT2D eigenvalue weighted by Crippen LogP contribution is -2.47. The fourth-order valence-electron chi connectivity index (χ4n) is 11.0. The van der Waals surface area contributed by atoms with E-state index in [0.717, 1.165) is 83.5 Å². The van der Waals surface area contributed by atoms with Crippen molar-refractivity contribution in [2.45, 2.75) is 367 Å². The number of esters is 1. The summed E-state index contributed by atoms with van der Waals surface area (Å²) in [6.45, 7) is 6.83. The van der Waals surface area contributed by atoms with Crippen molar-refractivity contribution in [2.24, 2.45) is 0 Å². The highest BCUT2D eigenvalue weighted by atomic mass is 31.2. The predicted molar refractivity (Wildman–Crippen MR) is 385 cm³/mol. The Bertz CT molecular complexity index is 1800.